The third-order valence-corrected chi connectivity index (χ3v) is 2.28. The minimum atomic E-state index is -0.307. The van der Waals surface area contributed by atoms with Crippen LogP contribution in [-0.2, 0) is 4.79 Å². The van der Waals surface area contributed by atoms with E-state index in [-0.39, 0.29) is 11.5 Å². The summed E-state index contributed by atoms with van der Waals surface area (Å²) in [5, 5.41) is 0. The third kappa shape index (κ3) is 1.37. The van der Waals surface area contributed by atoms with Crippen molar-refractivity contribution in [1.29, 1.82) is 0 Å². The zero-order chi connectivity index (χ0) is 10.8. The van der Waals surface area contributed by atoms with E-state index >= 15 is 0 Å². The molecule has 1 aliphatic rings. The second kappa shape index (κ2) is 3.52. The fraction of sp³-hybridized carbons (Fsp3) is 0.0909. The number of ether oxygens (including phenoxy) is 1. The van der Waals surface area contributed by atoms with Crippen LogP contribution in [0.1, 0.15) is 11.1 Å². The van der Waals surface area contributed by atoms with Crippen LogP contribution in [0.5, 0.6) is 5.75 Å². The van der Waals surface area contributed by atoms with E-state index in [0.29, 0.717) is 11.3 Å². The number of methoxy groups -OCH3 is 1. The van der Waals surface area contributed by atoms with Crippen molar-refractivity contribution in [2.75, 3.05) is 7.11 Å². The molecule has 4 nitrogen and oxygen atoms in total. The number of ketones is 1. The minimum absolute atomic E-state index is 0.0476. The van der Waals surface area contributed by atoms with Crippen molar-refractivity contribution in [3.63, 3.8) is 0 Å². The summed E-state index contributed by atoms with van der Waals surface area (Å²) in [4.78, 5) is 14.4. The highest BCUT2D eigenvalue weighted by atomic mass is 16.5. The van der Waals surface area contributed by atoms with Crippen molar-refractivity contribution in [1.82, 2.24) is 0 Å². The predicted molar refractivity (Wildman–Crippen MR) is 54.8 cm³/mol. The summed E-state index contributed by atoms with van der Waals surface area (Å²) in [7, 11) is 1.55. The van der Waals surface area contributed by atoms with Crippen LogP contribution in [0.15, 0.2) is 24.3 Å². The Morgan fingerprint density at radius 3 is 2.80 bits per heavy atom. The number of hydrogen-bond acceptors (Lipinski definition) is 2. The van der Waals surface area contributed by atoms with Gasteiger partial charge in [-0.15, -0.1) is 0 Å². The highest BCUT2D eigenvalue weighted by molar-refractivity contribution is 6.50. The maximum absolute atomic E-state index is 11.4. The van der Waals surface area contributed by atoms with Crippen molar-refractivity contribution < 1.29 is 14.3 Å². The smallest absolute Gasteiger partial charge is 0.369 e. The summed E-state index contributed by atoms with van der Waals surface area (Å²) in [6, 6.07) is 5.25. The fourth-order valence-corrected chi connectivity index (χ4v) is 1.57. The maximum atomic E-state index is 11.4. The van der Waals surface area contributed by atoms with E-state index in [1.54, 1.807) is 31.4 Å². The van der Waals surface area contributed by atoms with Crippen LogP contribution in [-0.4, -0.2) is 23.4 Å². The third-order valence-electron chi connectivity index (χ3n) is 2.28. The number of carbonyl (C=O) groups is 1. The second-order valence-corrected chi connectivity index (χ2v) is 3.07. The molecular formula is C11H8N2O2. The van der Waals surface area contributed by atoms with Gasteiger partial charge in [-0.25, -0.2) is 0 Å². The molecule has 0 saturated carbocycles. The van der Waals surface area contributed by atoms with Crippen LogP contribution in [0.3, 0.4) is 0 Å². The molecule has 0 spiro atoms. The first-order chi connectivity index (χ1) is 7.27. The molecule has 0 saturated heterocycles. The van der Waals surface area contributed by atoms with Gasteiger partial charge < -0.3 is 10.3 Å². The van der Waals surface area contributed by atoms with Crippen LogP contribution in [0.4, 0.5) is 0 Å². The number of allylic oxidation sites excluding steroid dienone is 1. The van der Waals surface area contributed by atoms with Gasteiger partial charge in [-0.1, -0.05) is 6.07 Å². The van der Waals surface area contributed by atoms with E-state index in [4.69, 9.17) is 10.3 Å². The summed E-state index contributed by atoms with van der Waals surface area (Å²) in [6.07, 6.45) is 3.02. The summed E-state index contributed by atoms with van der Waals surface area (Å²) in [5.41, 5.74) is 10.2. The Morgan fingerprint density at radius 2 is 2.13 bits per heavy atom. The SMILES string of the molecule is COc1cccc2c1C=CC(=O)C2=[N+]=[N-]. The van der Waals surface area contributed by atoms with Crippen LogP contribution >= 0.6 is 0 Å². The molecule has 0 fully saturated rings. The molecule has 4 heteroatoms. The number of hydrogen-bond donors (Lipinski definition) is 0. The van der Waals surface area contributed by atoms with E-state index in [0.717, 1.165) is 5.56 Å². The molecular weight excluding hydrogens is 192 g/mol. The molecule has 0 heterocycles. The van der Waals surface area contributed by atoms with E-state index < -0.39 is 0 Å². The Labute approximate surface area is 86.4 Å². The summed E-state index contributed by atoms with van der Waals surface area (Å²) < 4.78 is 5.14. The van der Waals surface area contributed by atoms with Gasteiger partial charge in [0.15, 0.2) is 0 Å². The van der Waals surface area contributed by atoms with Crippen molar-refractivity contribution >= 4 is 17.6 Å². The van der Waals surface area contributed by atoms with E-state index in [1.165, 1.54) is 6.08 Å². The zero-order valence-electron chi connectivity index (χ0n) is 8.10. The summed E-state index contributed by atoms with van der Waals surface area (Å²) in [6.45, 7) is 0. The number of fused-ring (bicyclic) bond motifs is 1. The van der Waals surface area contributed by atoms with E-state index in [9.17, 15) is 4.79 Å². The molecule has 1 aromatic rings. The normalized spacial score (nSPS) is 13.4. The van der Waals surface area contributed by atoms with Gasteiger partial charge in [-0.05, 0) is 24.3 Å². The Bertz CT molecular complexity index is 511. The quantitative estimate of drug-likeness (QED) is 0.506. The number of carbonyl (C=O) groups excluding carboxylic acids is 1. The van der Waals surface area contributed by atoms with Gasteiger partial charge in [0.1, 0.15) is 5.75 Å². The van der Waals surface area contributed by atoms with Crippen molar-refractivity contribution in [2.45, 2.75) is 0 Å². The Balaban J connectivity index is 2.74. The summed E-state index contributed by atoms with van der Waals surface area (Å²) >= 11 is 0. The van der Waals surface area contributed by atoms with Crippen molar-refractivity contribution in [3.05, 3.63) is 40.9 Å². The van der Waals surface area contributed by atoms with Gasteiger partial charge in [-0.2, -0.15) is 4.79 Å². The average Bonchev–Trinajstić information content (AvgIpc) is 2.28. The topological polar surface area (TPSA) is 62.7 Å². The molecule has 0 aromatic heterocycles. The molecule has 74 valence electrons. The first kappa shape index (κ1) is 9.37. The Morgan fingerprint density at radius 1 is 1.33 bits per heavy atom. The number of nitrogens with zero attached hydrogens (tertiary/aromatic N) is 2. The van der Waals surface area contributed by atoms with Gasteiger partial charge in [0.05, 0.1) is 12.7 Å². The van der Waals surface area contributed by atoms with Crippen LogP contribution in [0, 0.1) is 0 Å². The van der Waals surface area contributed by atoms with Crippen molar-refractivity contribution in [2.24, 2.45) is 0 Å². The number of benzene rings is 1. The maximum Gasteiger partial charge on any atom is 0.369 e. The zero-order valence-corrected chi connectivity index (χ0v) is 8.10. The molecule has 0 bridgehead atoms. The lowest BCUT2D eigenvalue weighted by Gasteiger charge is -2.09. The van der Waals surface area contributed by atoms with Gasteiger partial charge in [-0.3, -0.25) is 4.79 Å². The molecule has 2 rings (SSSR count). The molecule has 0 unspecified atom stereocenters. The molecule has 15 heavy (non-hydrogen) atoms. The molecule has 0 radical (unpaired) electrons. The van der Waals surface area contributed by atoms with Crippen molar-refractivity contribution in [3.8, 4) is 5.75 Å². The lowest BCUT2D eigenvalue weighted by molar-refractivity contribution is -0.112. The Kier molecular flexibility index (Phi) is 2.20. The molecule has 1 aromatic carbocycles. The first-order valence-corrected chi connectivity index (χ1v) is 4.39. The van der Waals surface area contributed by atoms with Gasteiger partial charge in [0.2, 0.25) is 0 Å². The number of rotatable bonds is 1. The van der Waals surface area contributed by atoms with Crippen LogP contribution < -0.4 is 4.74 Å². The molecule has 0 atom stereocenters. The van der Waals surface area contributed by atoms with Crippen LogP contribution in [0.2, 0.25) is 0 Å². The minimum Gasteiger partial charge on any atom is -0.496 e. The molecule has 0 amide bonds. The predicted octanol–water partition coefficient (Wildman–Crippen LogP) is 1.31. The fourth-order valence-electron chi connectivity index (χ4n) is 1.57. The van der Waals surface area contributed by atoms with Gasteiger partial charge >= 0.3 is 5.71 Å². The standard InChI is InChI=1S/C11H8N2O2/c1-15-10-4-2-3-8-7(10)5-6-9(14)11(8)13-12/h2-6H,1H3. The molecule has 0 aliphatic heterocycles. The highest BCUT2D eigenvalue weighted by Crippen LogP contribution is 2.26. The van der Waals surface area contributed by atoms with Crippen LogP contribution in [0.25, 0.3) is 11.6 Å². The first-order valence-electron chi connectivity index (χ1n) is 4.39. The monoisotopic (exact) mass is 200 g/mol. The second-order valence-electron chi connectivity index (χ2n) is 3.07. The largest absolute Gasteiger partial charge is 0.496 e. The van der Waals surface area contributed by atoms with Gasteiger partial charge in [0, 0.05) is 5.56 Å². The lowest BCUT2D eigenvalue weighted by atomic mass is 9.94. The molecule has 1 aliphatic carbocycles. The lowest BCUT2D eigenvalue weighted by Crippen LogP contribution is -2.18. The van der Waals surface area contributed by atoms with Gasteiger partial charge in [0.25, 0.3) is 5.78 Å². The Hall–Kier alpha value is -2.19. The highest BCUT2D eigenvalue weighted by Gasteiger charge is 2.27. The van der Waals surface area contributed by atoms with E-state index in [1.807, 2.05) is 0 Å². The summed E-state index contributed by atoms with van der Waals surface area (Å²) in [5.74, 6) is 0.343. The molecule has 0 N–H and O–H groups in total. The average molecular weight is 200 g/mol. The van der Waals surface area contributed by atoms with E-state index in [2.05, 4.69) is 4.79 Å².